The Bertz CT molecular complexity index is 1030. The number of carbonyl (C=O) groups excluding carboxylic acids is 1. The minimum absolute atomic E-state index is 0.0529. The molecule has 1 saturated heterocycles. The molecule has 0 bridgehead atoms. The minimum Gasteiger partial charge on any atom is -0.484 e. The van der Waals surface area contributed by atoms with Crippen LogP contribution in [0.5, 0.6) is 5.75 Å². The lowest BCUT2D eigenvalue weighted by Crippen LogP contribution is -2.38. The molecule has 8 heteroatoms. The van der Waals surface area contributed by atoms with Crippen LogP contribution in [0.25, 0.3) is 0 Å². The van der Waals surface area contributed by atoms with Gasteiger partial charge in [0.1, 0.15) is 11.6 Å². The van der Waals surface area contributed by atoms with Crippen LogP contribution in [0.1, 0.15) is 46.4 Å². The Labute approximate surface area is 178 Å². The van der Waals surface area contributed by atoms with E-state index in [1.54, 1.807) is 4.90 Å². The number of ether oxygens (including phenoxy) is 1. The van der Waals surface area contributed by atoms with Crippen LogP contribution in [0.2, 0.25) is 5.02 Å². The SMILES string of the molecule is Cc1ccc(OCc2nc(C3CCN(C(=O)c4ccc(F)c(Cl)c4)CC3)no2)cc1. The zero-order valence-electron chi connectivity index (χ0n) is 16.5. The van der Waals surface area contributed by atoms with Crippen molar-refractivity contribution in [2.24, 2.45) is 0 Å². The third kappa shape index (κ3) is 4.62. The zero-order chi connectivity index (χ0) is 21.1. The van der Waals surface area contributed by atoms with Gasteiger partial charge in [0, 0.05) is 24.6 Å². The van der Waals surface area contributed by atoms with Crippen molar-refractivity contribution in [3.8, 4) is 5.75 Å². The standard InChI is InChI=1S/C22H21ClFN3O3/c1-14-2-5-17(6-3-14)29-13-20-25-21(26-30-20)15-8-10-27(11-9-15)22(28)16-4-7-19(24)18(23)12-16/h2-7,12,15H,8-11,13H2,1H3. The number of halogens is 2. The third-order valence-electron chi connectivity index (χ3n) is 5.18. The van der Waals surface area contributed by atoms with Crippen LogP contribution in [-0.4, -0.2) is 34.0 Å². The Hall–Kier alpha value is -2.93. The first-order valence-corrected chi connectivity index (χ1v) is 10.1. The normalized spacial score (nSPS) is 14.7. The number of benzene rings is 2. The average molecular weight is 430 g/mol. The summed E-state index contributed by atoms with van der Waals surface area (Å²) in [4.78, 5) is 18.8. The molecule has 2 aromatic carbocycles. The van der Waals surface area contributed by atoms with Gasteiger partial charge in [-0.2, -0.15) is 4.98 Å². The number of hydrogen-bond donors (Lipinski definition) is 0. The molecule has 6 nitrogen and oxygen atoms in total. The van der Waals surface area contributed by atoms with Crippen LogP contribution in [0, 0.1) is 12.7 Å². The van der Waals surface area contributed by atoms with Gasteiger partial charge in [-0.15, -0.1) is 0 Å². The first-order chi connectivity index (χ1) is 14.5. The van der Waals surface area contributed by atoms with E-state index in [-0.39, 0.29) is 23.5 Å². The van der Waals surface area contributed by atoms with E-state index in [1.807, 2.05) is 31.2 Å². The molecule has 0 atom stereocenters. The largest absolute Gasteiger partial charge is 0.484 e. The first-order valence-electron chi connectivity index (χ1n) is 9.76. The minimum atomic E-state index is -0.536. The van der Waals surface area contributed by atoms with Gasteiger partial charge in [0.15, 0.2) is 12.4 Å². The molecule has 1 aliphatic heterocycles. The van der Waals surface area contributed by atoms with Gasteiger partial charge in [-0.25, -0.2) is 4.39 Å². The van der Waals surface area contributed by atoms with Crippen molar-refractivity contribution in [1.29, 1.82) is 0 Å². The molecule has 0 N–H and O–H groups in total. The maximum atomic E-state index is 13.3. The van der Waals surface area contributed by atoms with E-state index in [9.17, 15) is 9.18 Å². The fourth-order valence-electron chi connectivity index (χ4n) is 3.42. The van der Waals surface area contributed by atoms with Crippen molar-refractivity contribution in [2.45, 2.75) is 32.3 Å². The Kier molecular flexibility index (Phi) is 5.99. The lowest BCUT2D eigenvalue weighted by Gasteiger charge is -2.30. The van der Waals surface area contributed by atoms with Crippen molar-refractivity contribution in [3.63, 3.8) is 0 Å². The van der Waals surface area contributed by atoms with E-state index in [1.165, 1.54) is 18.2 Å². The van der Waals surface area contributed by atoms with E-state index in [0.717, 1.165) is 24.2 Å². The van der Waals surface area contributed by atoms with E-state index < -0.39 is 5.82 Å². The summed E-state index contributed by atoms with van der Waals surface area (Å²) in [6.07, 6.45) is 1.44. The molecule has 3 aromatic rings. The van der Waals surface area contributed by atoms with Gasteiger partial charge in [-0.3, -0.25) is 4.79 Å². The molecular formula is C22H21ClFN3O3. The Morgan fingerprint density at radius 1 is 1.23 bits per heavy atom. The van der Waals surface area contributed by atoms with Gasteiger partial charge < -0.3 is 14.2 Å². The molecule has 4 rings (SSSR count). The number of hydrogen-bond acceptors (Lipinski definition) is 5. The predicted molar refractivity (Wildman–Crippen MR) is 109 cm³/mol. The number of aryl methyl sites for hydroxylation is 1. The van der Waals surface area contributed by atoms with Crippen LogP contribution in [0.4, 0.5) is 4.39 Å². The van der Waals surface area contributed by atoms with Crippen molar-refractivity contribution < 1.29 is 18.4 Å². The molecule has 30 heavy (non-hydrogen) atoms. The van der Waals surface area contributed by atoms with Gasteiger partial charge >= 0.3 is 0 Å². The second-order valence-corrected chi connectivity index (χ2v) is 7.75. The Morgan fingerprint density at radius 3 is 2.67 bits per heavy atom. The highest BCUT2D eigenvalue weighted by Gasteiger charge is 2.27. The molecule has 0 spiro atoms. The molecular weight excluding hydrogens is 409 g/mol. The molecule has 0 radical (unpaired) electrons. The highest BCUT2D eigenvalue weighted by Crippen LogP contribution is 2.27. The van der Waals surface area contributed by atoms with Crippen molar-refractivity contribution >= 4 is 17.5 Å². The Morgan fingerprint density at radius 2 is 1.97 bits per heavy atom. The highest BCUT2D eigenvalue weighted by molar-refractivity contribution is 6.31. The summed E-state index contributed by atoms with van der Waals surface area (Å²) in [5.74, 6) is 1.22. The van der Waals surface area contributed by atoms with Crippen molar-refractivity contribution in [3.05, 3.63) is 76.1 Å². The lowest BCUT2D eigenvalue weighted by atomic mass is 9.95. The van der Waals surface area contributed by atoms with Gasteiger partial charge in [-0.1, -0.05) is 34.5 Å². The first kappa shape index (κ1) is 20.3. The Balaban J connectivity index is 1.31. The smallest absolute Gasteiger partial charge is 0.264 e. The molecule has 156 valence electrons. The van der Waals surface area contributed by atoms with Gasteiger partial charge in [0.25, 0.3) is 11.8 Å². The third-order valence-corrected chi connectivity index (χ3v) is 5.47. The number of carbonyl (C=O) groups is 1. The molecule has 1 fully saturated rings. The average Bonchev–Trinajstić information content (AvgIpc) is 3.24. The molecule has 0 aliphatic carbocycles. The number of likely N-dealkylation sites (tertiary alicyclic amines) is 1. The van der Waals surface area contributed by atoms with Crippen LogP contribution in [0.3, 0.4) is 0 Å². The van der Waals surface area contributed by atoms with Gasteiger partial charge in [-0.05, 0) is 50.1 Å². The summed E-state index contributed by atoms with van der Waals surface area (Å²) in [6, 6.07) is 11.8. The summed E-state index contributed by atoms with van der Waals surface area (Å²) in [5.41, 5.74) is 1.55. The predicted octanol–water partition coefficient (Wildman–Crippen LogP) is 4.77. The van der Waals surface area contributed by atoms with Gasteiger partial charge in [0.2, 0.25) is 0 Å². The molecule has 1 aromatic heterocycles. The second kappa shape index (κ2) is 8.83. The fourth-order valence-corrected chi connectivity index (χ4v) is 3.61. The quantitative estimate of drug-likeness (QED) is 0.584. The number of amides is 1. The summed E-state index contributed by atoms with van der Waals surface area (Å²) in [7, 11) is 0. The number of rotatable bonds is 5. The summed E-state index contributed by atoms with van der Waals surface area (Å²) in [6.45, 7) is 3.34. The van der Waals surface area contributed by atoms with Crippen molar-refractivity contribution in [1.82, 2.24) is 15.0 Å². The monoisotopic (exact) mass is 429 g/mol. The fraction of sp³-hybridized carbons (Fsp3) is 0.318. The number of piperidine rings is 1. The topological polar surface area (TPSA) is 68.5 Å². The molecule has 0 saturated carbocycles. The van der Waals surface area contributed by atoms with Crippen LogP contribution in [0.15, 0.2) is 47.0 Å². The summed E-state index contributed by atoms with van der Waals surface area (Å²) >= 11 is 5.79. The van der Waals surface area contributed by atoms with Crippen LogP contribution < -0.4 is 4.74 Å². The van der Waals surface area contributed by atoms with Crippen LogP contribution >= 0.6 is 11.6 Å². The molecule has 1 aliphatic rings. The lowest BCUT2D eigenvalue weighted by molar-refractivity contribution is 0.0710. The number of aromatic nitrogens is 2. The van der Waals surface area contributed by atoms with E-state index in [4.69, 9.17) is 20.9 Å². The van der Waals surface area contributed by atoms with Gasteiger partial charge in [0.05, 0.1) is 5.02 Å². The van der Waals surface area contributed by atoms with Crippen molar-refractivity contribution in [2.75, 3.05) is 13.1 Å². The van der Waals surface area contributed by atoms with E-state index in [0.29, 0.717) is 30.4 Å². The zero-order valence-corrected chi connectivity index (χ0v) is 17.2. The second-order valence-electron chi connectivity index (χ2n) is 7.34. The highest BCUT2D eigenvalue weighted by atomic mass is 35.5. The maximum absolute atomic E-state index is 13.3. The van der Waals surface area contributed by atoms with E-state index in [2.05, 4.69) is 10.1 Å². The molecule has 0 unspecified atom stereocenters. The number of nitrogens with zero attached hydrogens (tertiary/aromatic N) is 3. The van der Waals surface area contributed by atoms with E-state index >= 15 is 0 Å². The molecule has 2 heterocycles. The maximum Gasteiger partial charge on any atom is 0.264 e. The summed E-state index contributed by atoms with van der Waals surface area (Å²) < 4.78 is 24.3. The summed E-state index contributed by atoms with van der Waals surface area (Å²) in [5, 5.41) is 4.03. The molecule has 1 amide bonds. The van der Waals surface area contributed by atoms with Crippen LogP contribution in [-0.2, 0) is 6.61 Å².